The minimum Gasteiger partial charge on any atom is -0.304 e. The van der Waals surface area contributed by atoms with Crippen molar-refractivity contribution in [3.05, 3.63) is 0 Å². The molecule has 1 aliphatic heterocycles. The summed E-state index contributed by atoms with van der Waals surface area (Å²) >= 11 is 0. The Morgan fingerprint density at radius 3 is 2.23 bits per heavy atom. The Balaban J connectivity index is 2.33. The van der Waals surface area contributed by atoms with Gasteiger partial charge >= 0.3 is 0 Å². The Morgan fingerprint density at radius 1 is 1.31 bits per heavy atom. The maximum absolute atomic E-state index is 11.0. The molecule has 0 radical (unpaired) electrons. The van der Waals surface area contributed by atoms with Gasteiger partial charge in [-0.3, -0.25) is 0 Å². The highest BCUT2D eigenvalue weighted by Crippen LogP contribution is 2.18. The van der Waals surface area contributed by atoms with Crippen LogP contribution in [0.5, 0.6) is 0 Å². The third kappa shape index (κ3) is 4.09. The van der Waals surface area contributed by atoms with E-state index in [0.29, 0.717) is 11.7 Å². The van der Waals surface area contributed by atoms with Crippen molar-refractivity contribution in [2.45, 2.75) is 19.8 Å². The van der Waals surface area contributed by atoms with E-state index in [9.17, 15) is 8.42 Å². The largest absolute Gasteiger partial charge is 0.304 e. The van der Waals surface area contributed by atoms with Crippen molar-refractivity contribution < 1.29 is 8.42 Å². The first-order valence-electron chi connectivity index (χ1n) is 4.91. The molecule has 0 spiro atoms. The van der Waals surface area contributed by atoms with Crippen molar-refractivity contribution in [1.82, 2.24) is 4.90 Å². The molecule has 1 aliphatic rings. The normalized spacial score (nSPS) is 22.0. The first kappa shape index (κ1) is 11.0. The van der Waals surface area contributed by atoms with Gasteiger partial charge in [-0.2, -0.15) is 0 Å². The number of likely N-dealkylation sites (tertiary alicyclic amines) is 1. The smallest absolute Gasteiger partial charge is 0.147 e. The van der Waals surface area contributed by atoms with Gasteiger partial charge in [0.25, 0.3) is 0 Å². The van der Waals surface area contributed by atoms with E-state index in [-0.39, 0.29) is 0 Å². The van der Waals surface area contributed by atoms with Crippen molar-refractivity contribution in [1.29, 1.82) is 0 Å². The average molecular weight is 205 g/mol. The lowest BCUT2D eigenvalue weighted by molar-refractivity contribution is 0.202. The fourth-order valence-corrected chi connectivity index (χ4v) is 3.09. The molecular formula is C9H19NO2S. The van der Waals surface area contributed by atoms with Gasteiger partial charge in [-0.05, 0) is 38.4 Å². The Bertz CT molecular complexity index is 240. The van der Waals surface area contributed by atoms with Crippen molar-refractivity contribution in [2.24, 2.45) is 5.92 Å². The highest BCUT2D eigenvalue weighted by Gasteiger charge is 2.21. The second-order valence-corrected chi connectivity index (χ2v) is 6.15. The van der Waals surface area contributed by atoms with E-state index >= 15 is 0 Å². The second-order valence-electron chi connectivity index (χ2n) is 3.97. The lowest BCUT2D eigenvalue weighted by Crippen LogP contribution is -2.35. The predicted octanol–water partition coefficient (Wildman–Crippen LogP) is 0.763. The highest BCUT2D eigenvalue weighted by molar-refractivity contribution is 7.90. The van der Waals surface area contributed by atoms with Crippen LogP contribution in [0.4, 0.5) is 0 Å². The average Bonchev–Trinajstić information content (AvgIpc) is 2.03. The summed E-state index contributed by atoms with van der Waals surface area (Å²) in [5, 5.41) is 0. The molecule has 1 fully saturated rings. The third-order valence-corrected chi connectivity index (χ3v) is 3.77. The molecule has 0 aromatic heterocycles. The molecule has 0 N–H and O–H groups in total. The van der Waals surface area contributed by atoms with Crippen LogP contribution in [0.3, 0.4) is 0 Å². The van der Waals surface area contributed by atoms with Gasteiger partial charge in [-0.15, -0.1) is 0 Å². The quantitative estimate of drug-likeness (QED) is 0.683. The van der Waals surface area contributed by atoms with Crippen LogP contribution in [0.15, 0.2) is 0 Å². The molecule has 0 saturated carbocycles. The molecule has 3 nitrogen and oxygen atoms in total. The summed E-state index contributed by atoms with van der Waals surface area (Å²) in [4.78, 5) is 2.37. The van der Waals surface area contributed by atoms with Gasteiger partial charge in [0.2, 0.25) is 0 Å². The van der Waals surface area contributed by atoms with Crippen molar-refractivity contribution in [2.75, 3.05) is 31.6 Å². The number of piperidine rings is 1. The summed E-state index contributed by atoms with van der Waals surface area (Å²) in [6.07, 6.45) is 3.42. The fraction of sp³-hybridized carbons (Fsp3) is 1.00. The van der Waals surface area contributed by atoms with Gasteiger partial charge < -0.3 is 4.90 Å². The van der Waals surface area contributed by atoms with Gasteiger partial charge in [-0.1, -0.05) is 6.92 Å². The molecular weight excluding hydrogens is 186 g/mol. The summed E-state index contributed by atoms with van der Waals surface area (Å²) in [6, 6.07) is 0. The number of nitrogens with zero attached hydrogens (tertiary/aromatic N) is 1. The van der Waals surface area contributed by atoms with Crippen molar-refractivity contribution >= 4 is 9.84 Å². The van der Waals surface area contributed by atoms with Crippen LogP contribution >= 0.6 is 0 Å². The Hall–Kier alpha value is -0.0900. The second kappa shape index (κ2) is 4.42. The summed E-state index contributed by atoms with van der Waals surface area (Å²) < 4.78 is 22.1. The molecule has 1 heterocycles. The number of hydrogen-bond acceptors (Lipinski definition) is 3. The topological polar surface area (TPSA) is 37.4 Å². The zero-order chi connectivity index (χ0) is 9.90. The van der Waals surface area contributed by atoms with Gasteiger partial charge in [0, 0.05) is 6.26 Å². The van der Waals surface area contributed by atoms with Crippen LogP contribution in [-0.2, 0) is 9.84 Å². The maximum Gasteiger partial charge on any atom is 0.147 e. The fourth-order valence-electron chi connectivity index (χ4n) is 1.90. The van der Waals surface area contributed by atoms with Gasteiger partial charge in [0.15, 0.2) is 0 Å². The van der Waals surface area contributed by atoms with Crippen LogP contribution in [-0.4, -0.2) is 45.0 Å². The van der Waals surface area contributed by atoms with Crippen molar-refractivity contribution in [3.63, 3.8) is 0 Å². The monoisotopic (exact) mass is 205 g/mol. The van der Waals surface area contributed by atoms with E-state index in [1.54, 1.807) is 0 Å². The number of hydrogen-bond donors (Lipinski definition) is 0. The van der Waals surface area contributed by atoms with Crippen LogP contribution in [0.25, 0.3) is 0 Å². The minimum absolute atomic E-state index is 0.380. The van der Waals surface area contributed by atoms with E-state index in [2.05, 4.69) is 11.8 Å². The van der Waals surface area contributed by atoms with Crippen LogP contribution in [0, 0.1) is 5.92 Å². The minimum atomic E-state index is -2.77. The van der Waals surface area contributed by atoms with Crippen LogP contribution in [0.1, 0.15) is 19.8 Å². The molecule has 0 unspecified atom stereocenters. The van der Waals surface area contributed by atoms with E-state index in [0.717, 1.165) is 32.5 Å². The zero-order valence-electron chi connectivity index (χ0n) is 8.49. The number of rotatable bonds is 3. The van der Waals surface area contributed by atoms with E-state index < -0.39 is 9.84 Å². The molecule has 1 saturated heterocycles. The maximum atomic E-state index is 11.0. The molecule has 13 heavy (non-hydrogen) atoms. The molecule has 4 heteroatoms. The SMILES string of the molecule is CCN1CCC(CS(C)(=O)=O)CC1. The van der Waals surface area contributed by atoms with Crippen molar-refractivity contribution in [3.8, 4) is 0 Å². The molecule has 0 aliphatic carbocycles. The lowest BCUT2D eigenvalue weighted by atomic mass is 9.99. The van der Waals surface area contributed by atoms with E-state index in [1.165, 1.54) is 6.26 Å². The third-order valence-electron chi connectivity index (χ3n) is 2.69. The highest BCUT2D eigenvalue weighted by atomic mass is 32.2. The first-order valence-corrected chi connectivity index (χ1v) is 6.97. The Morgan fingerprint density at radius 2 is 1.85 bits per heavy atom. The zero-order valence-corrected chi connectivity index (χ0v) is 9.31. The molecule has 78 valence electrons. The van der Waals surface area contributed by atoms with E-state index in [1.807, 2.05) is 0 Å². The summed E-state index contributed by atoms with van der Waals surface area (Å²) in [5.74, 6) is 0.780. The summed E-state index contributed by atoms with van der Waals surface area (Å²) in [5.41, 5.74) is 0. The Kier molecular flexibility index (Phi) is 3.74. The van der Waals surface area contributed by atoms with E-state index in [4.69, 9.17) is 0 Å². The van der Waals surface area contributed by atoms with Crippen LogP contribution < -0.4 is 0 Å². The molecule has 1 rings (SSSR count). The van der Waals surface area contributed by atoms with Gasteiger partial charge in [-0.25, -0.2) is 8.42 Å². The summed E-state index contributed by atoms with van der Waals surface area (Å²) in [6.45, 7) is 5.37. The van der Waals surface area contributed by atoms with Gasteiger partial charge in [0.05, 0.1) is 5.75 Å². The van der Waals surface area contributed by atoms with Gasteiger partial charge in [0.1, 0.15) is 9.84 Å². The lowest BCUT2D eigenvalue weighted by Gasteiger charge is -2.30. The molecule has 0 aromatic rings. The standard InChI is InChI=1S/C9H19NO2S/c1-3-10-6-4-9(5-7-10)8-13(2,11)12/h9H,3-8H2,1-2H3. The van der Waals surface area contributed by atoms with Crippen LogP contribution in [0.2, 0.25) is 0 Å². The molecule has 0 aromatic carbocycles. The number of sulfone groups is 1. The molecule has 0 amide bonds. The predicted molar refractivity (Wildman–Crippen MR) is 54.5 cm³/mol. The Labute approximate surface area is 81.0 Å². The molecule has 0 atom stereocenters. The first-order chi connectivity index (χ1) is 6.01. The molecule has 0 bridgehead atoms. The summed E-state index contributed by atoms with van der Waals surface area (Å²) in [7, 11) is -2.77.